The van der Waals surface area contributed by atoms with Crippen LogP contribution in [0.5, 0.6) is 5.75 Å². The predicted octanol–water partition coefficient (Wildman–Crippen LogP) is 4.46. The number of thioether (sulfide) groups is 1. The van der Waals surface area contributed by atoms with E-state index in [2.05, 4.69) is 10.3 Å². The van der Waals surface area contributed by atoms with Gasteiger partial charge in [-0.25, -0.2) is 4.98 Å². The highest BCUT2D eigenvalue weighted by Crippen LogP contribution is 2.28. The Labute approximate surface area is 163 Å². The van der Waals surface area contributed by atoms with Gasteiger partial charge in [-0.15, -0.1) is 23.1 Å². The summed E-state index contributed by atoms with van der Waals surface area (Å²) in [6.07, 6.45) is 0. The van der Waals surface area contributed by atoms with Crippen LogP contribution in [-0.2, 0) is 4.79 Å². The maximum absolute atomic E-state index is 12.1. The number of benzene rings is 2. The SMILES string of the molecule is COc1ccc(SCC(=O)Nc2nc(-c3cccc([N+](=O)[O-])c3)cs2)cc1. The summed E-state index contributed by atoms with van der Waals surface area (Å²) < 4.78 is 5.10. The van der Waals surface area contributed by atoms with Gasteiger partial charge in [-0.05, 0) is 24.3 Å². The third kappa shape index (κ3) is 5.05. The van der Waals surface area contributed by atoms with Crippen LogP contribution in [0.3, 0.4) is 0 Å². The second-order valence-corrected chi connectivity index (χ2v) is 7.26. The minimum Gasteiger partial charge on any atom is -0.497 e. The molecule has 9 heteroatoms. The van der Waals surface area contributed by atoms with Crippen molar-refractivity contribution in [1.29, 1.82) is 0 Å². The molecule has 1 heterocycles. The van der Waals surface area contributed by atoms with E-state index in [0.29, 0.717) is 16.4 Å². The molecule has 0 aliphatic heterocycles. The van der Waals surface area contributed by atoms with Crippen LogP contribution in [0.1, 0.15) is 0 Å². The molecule has 0 aliphatic carbocycles. The van der Waals surface area contributed by atoms with Crippen molar-refractivity contribution in [2.75, 3.05) is 18.2 Å². The lowest BCUT2D eigenvalue weighted by atomic mass is 10.1. The molecule has 0 bridgehead atoms. The molecule has 27 heavy (non-hydrogen) atoms. The molecule has 1 amide bonds. The van der Waals surface area contributed by atoms with E-state index in [1.807, 2.05) is 24.3 Å². The molecule has 1 N–H and O–H groups in total. The van der Waals surface area contributed by atoms with E-state index in [-0.39, 0.29) is 17.3 Å². The van der Waals surface area contributed by atoms with E-state index in [1.165, 1.54) is 35.2 Å². The van der Waals surface area contributed by atoms with Gasteiger partial charge in [-0.1, -0.05) is 12.1 Å². The third-order valence-electron chi connectivity index (χ3n) is 3.53. The molecule has 1 aromatic heterocycles. The number of aromatic nitrogens is 1. The van der Waals surface area contributed by atoms with Gasteiger partial charge in [-0.3, -0.25) is 14.9 Å². The molecule has 0 aliphatic rings. The number of nitrogens with one attached hydrogen (secondary N) is 1. The van der Waals surface area contributed by atoms with Gasteiger partial charge in [-0.2, -0.15) is 0 Å². The summed E-state index contributed by atoms with van der Waals surface area (Å²) in [5.41, 5.74) is 1.22. The van der Waals surface area contributed by atoms with Gasteiger partial charge in [0.15, 0.2) is 5.13 Å². The Morgan fingerprint density at radius 1 is 1.30 bits per heavy atom. The number of rotatable bonds is 7. The van der Waals surface area contributed by atoms with Crippen molar-refractivity contribution < 1.29 is 14.5 Å². The number of carbonyl (C=O) groups excluding carboxylic acids is 1. The number of thiazole rings is 1. The van der Waals surface area contributed by atoms with E-state index < -0.39 is 4.92 Å². The normalized spacial score (nSPS) is 10.4. The van der Waals surface area contributed by atoms with Crippen LogP contribution in [-0.4, -0.2) is 28.7 Å². The summed E-state index contributed by atoms with van der Waals surface area (Å²) in [4.78, 5) is 27.8. The highest BCUT2D eigenvalue weighted by Gasteiger charge is 2.11. The van der Waals surface area contributed by atoms with E-state index in [1.54, 1.807) is 24.6 Å². The highest BCUT2D eigenvalue weighted by atomic mass is 32.2. The van der Waals surface area contributed by atoms with Crippen molar-refractivity contribution in [2.24, 2.45) is 0 Å². The van der Waals surface area contributed by atoms with Crippen LogP contribution in [0, 0.1) is 10.1 Å². The number of amides is 1. The van der Waals surface area contributed by atoms with Gasteiger partial charge in [0.2, 0.25) is 5.91 Å². The van der Waals surface area contributed by atoms with E-state index in [0.717, 1.165) is 10.6 Å². The Morgan fingerprint density at radius 3 is 2.78 bits per heavy atom. The number of nitro groups is 1. The summed E-state index contributed by atoms with van der Waals surface area (Å²) in [5.74, 6) is 0.842. The summed E-state index contributed by atoms with van der Waals surface area (Å²) in [6, 6.07) is 13.7. The van der Waals surface area contributed by atoms with Crippen LogP contribution in [0.4, 0.5) is 10.8 Å². The molecule has 0 saturated carbocycles. The molecule has 0 spiro atoms. The lowest BCUT2D eigenvalue weighted by Gasteiger charge is -2.03. The zero-order chi connectivity index (χ0) is 19.2. The van der Waals surface area contributed by atoms with Crippen molar-refractivity contribution >= 4 is 39.8 Å². The molecule has 0 unspecified atom stereocenters. The first-order valence-electron chi connectivity index (χ1n) is 7.82. The Balaban J connectivity index is 1.59. The number of methoxy groups -OCH3 is 1. The maximum Gasteiger partial charge on any atom is 0.270 e. The molecule has 0 atom stereocenters. The fourth-order valence-corrected chi connectivity index (χ4v) is 3.65. The van der Waals surface area contributed by atoms with Gasteiger partial charge >= 0.3 is 0 Å². The number of non-ortho nitro benzene ring substituents is 1. The number of hydrogen-bond acceptors (Lipinski definition) is 7. The number of anilines is 1. The second-order valence-electron chi connectivity index (χ2n) is 5.36. The minimum atomic E-state index is -0.449. The molecule has 3 rings (SSSR count). The molecule has 0 fully saturated rings. The summed E-state index contributed by atoms with van der Waals surface area (Å²) in [7, 11) is 1.60. The highest BCUT2D eigenvalue weighted by molar-refractivity contribution is 8.00. The fraction of sp³-hybridized carbons (Fsp3) is 0.111. The molecule has 138 valence electrons. The predicted molar refractivity (Wildman–Crippen MR) is 107 cm³/mol. The Hall–Kier alpha value is -2.91. The number of carbonyl (C=O) groups is 1. The van der Waals surface area contributed by atoms with Crippen LogP contribution >= 0.6 is 23.1 Å². The Bertz CT molecular complexity index is 957. The van der Waals surface area contributed by atoms with Crippen molar-refractivity contribution in [3.05, 3.63) is 64.0 Å². The Kier molecular flexibility index (Phi) is 6.05. The summed E-state index contributed by atoms with van der Waals surface area (Å²) >= 11 is 2.68. The monoisotopic (exact) mass is 401 g/mol. The van der Waals surface area contributed by atoms with Gasteiger partial charge in [0.1, 0.15) is 5.75 Å². The molecule has 0 radical (unpaired) electrons. The average Bonchev–Trinajstić information content (AvgIpc) is 3.15. The van der Waals surface area contributed by atoms with Gasteiger partial charge in [0.05, 0.1) is 23.5 Å². The van der Waals surface area contributed by atoms with Crippen molar-refractivity contribution in [3.63, 3.8) is 0 Å². The Morgan fingerprint density at radius 2 is 2.07 bits per heavy atom. The topological polar surface area (TPSA) is 94.4 Å². The lowest BCUT2D eigenvalue weighted by Crippen LogP contribution is -2.13. The standard InChI is InChI=1S/C18H15N3O4S2/c1-25-14-5-7-15(8-6-14)26-11-17(22)20-18-19-16(10-27-18)12-3-2-4-13(9-12)21(23)24/h2-10H,11H2,1H3,(H,19,20,22). The third-order valence-corrected chi connectivity index (χ3v) is 5.30. The van der Waals surface area contributed by atoms with Gasteiger partial charge in [0, 0.05) is 28.0 Å². The van der Waals surface area contributed by atoms with Crippen LogP contribution in [0.25, 0.3) is 11.3 Å². The summed E-state index contributed by atoms with van der Waals surface area (Å²) in [6.45, 7) is 0. The van der Waals surface area contributed by atoms with Crippen molar-refractivity contribution in [2.45, 2.75) is 4.90 Å². The van der Waals surface area contributed by atoms with Crippen LogP contribution in [0.2, 0.25) is 0 Å². The molecule has 3 aromatic rings. The number of nitrogens with zero attached hydrogens (tertiary/aromatic N) is 2. The zero-order valence-electron chi connectivity index (χ0n) is 14.2. The molecule has 0 saturated heterocycles. The van der Waals surface area contributed by atoms with Gasteiger partial charge in [0.25, 0.3) is 5.69 Å². The quantitative estimate of drug-likeness (QED) is 0.357. The van der Waals surface area contributed by atoms with E-state index in [4.69, 9.17) is 4.74 Å². The van der Waals surface area contributed by atoms with Crippen molar-refractivity contribution in [1.82, 2.24) is 4.98 Å². The van der Waals surface area contributed by atoms with E-state index in [9.17, 15) is 14.9 Å². The van der Waals surface area contributed by atoms with Crippen LogP contribution < -0.4 is 10.1 Å². The first kappa shape index (κ1) is 18.9. The van der Waals surface area contributed by atoms with Gasteiger partial charge < -0.3 is 10.1 Å². The molecular formula is C18H15N3O4S2. The maximum atomic E-state index is 12.1. The zero-order valence-corrected chi connectivity index (χ0v) is 15.9. The van der Waals surface area contributed by atoms with Crippen LogP contribution in [0.15, 0.2) is 58.8 Å². The lowest BCUT2D eigenvalue weighted by molar-refractivity contribution is -0.384. The minimum absolute atomic E-state index is 0.00183. The molecular weight excluding hydrogens is 386 g/mol. The number of nitro benzene ring substituents is 1. The molecule has 2 aromatic carbocycles. The molecule has 7 nitrogen and oxygen atoms in total. The fourth-order valence-electron chi connectivity index (χ4n) is 2.22. The smallest absolute Gasteiger partial charge is 0.270 e. The average molecular weight is 401 g/mol. The van der Waals surface area contributed by atoms with E-state index >= 15 is 0 Å². The largest absolute Gasteiger partial charge is 0.497 e. The first-order valence-corrected chi connectivity index (χ1v) is 9.69. The second kappa shape index (κ2) is 8.65. The summed E-state index contributed by atoms with van der Waals surface area (Å²) in [5, 5.41) is 15.8. The number of ether oxygens (including phenoxy) is 1. The van der Waals surface area contributed by atoms with Crippen molar-refractivity contribution in [3.8, 4) is 17.0 Å². The first-order chi connectivity index (χ1) is 13.0. The number of hydrogen-bond donors (Lipinski definition) is 1.